The van der Waals surface area contributed by atoms with Gasteiger partial charge < -0.3 is 10.1 Å². The van der Waals surface area contributed by atoms with Gasteiger partial charge >= 0.3 is 0 Å². The van der Waals surface area contributed by atoms with E-state index in [9.17, 15) is 4.39 Å². The molecule has 0 bridgehead atoms. The van der Waals surface area contributed by atoms with Crippen LogP contribution in [-0.2, 0) is 11.3 Å². The predicted octanol–water partition coefficient (Wildman–Crippen LogP) is 4.17. The molecule has 1 aliphatic heterocycles. The molecule has 2 nitrogen and oxygen atoms in total. The molecular formula is C16H21BrFNO. The number of halogens is 2. The molecule has 1 aliphatic carbocycles. The Kier molecular flexibility index (Phi) is 4.43. The maximum atomic E-state index is 13.7. The predicted molar refractivity (Wildman–Crippen MR) is 81.1 cm³/mol. The van der Waals surface area contributed by atoms with Crippen LogP contribution in [0.2, 0.25) is 0 Å². The fraction of sp³-hybridized carbons (Fsp3) is 0.625. The summed E-state index contributed by atoms with van der Waals surface area (Å²) in [5.41, 5.74) is 0.845. The highest BCUT2D eigenvalue weighted by atomic mass is 79.9. The summed E-state index contributed by atoms with van der Waals surface area (Å²) in [7, 11) is 0. The van der Waals surface area contributed by atoms with Crippen LogP contribution in [0.1, 0.15) is 44.1 Å². The van der Waals surface area contributed by atoms with E-state index in [4.69, 9.17) is 4.74 Å². The maximum absolute atomic E-state index is 13.7. The van der Waals surface area contributed by atoms with E-state index in [0.29, 0.717) is 12.6 Å². The van der Waals surface area contributed by atoms with Gasteiger partial charge in [-0.3, -0.25) is 0 Å². The summed E-state index contributed by atoms with van der Waals surface area (Å²) in [5, 5.41) is 3.52. The quantitative estimate of drug-likeness (QED) is 0.890. The van der Waals surface area contributed by atoms with E-state index in [1.807, 2.05) is 6.07 Å². The third kappa shape index (κ3) is 3.23. The van der Waals surface area contributed by atoms with Crippen molar-refractivity contribution in [1.29, 1.82) is 0 Å². The first-order valence-corrected chi connectivity index (χ1v) is 8.27. The van der Waals surface area contributed by atoms with Crippen molar-refractivity contribution in [2.24, 2.45) is 0 Å². The first-order valence-electron chi connectivity index (χ1n) is 7.48. The molecule has 2 fully saturated rings. The molecule has 0 radical (unpaired) electrons. The van der Waals surface area contributed by atoms with Gasteiger partial charge in [0.1, 0.15) is 5.82 Å². The monoisotopic (exact) mass is 341 g/mol. The molecule has 1 aromatic rings. The molecule has 1 saturated carbocycles. The second-order valence-electron chi connectivity index (χ2n) is 6.04. The molecule has 1 heterocycles. The first-order chi connectivity index (χ1) is 9.67. The summed E-state index contributed by atoms with van der Waals surface area (Å²) < 4.78 is 20.7. The molecule has 1 N–H and O–H groups in total. The molecule has 2 aliphatic rings. The number of hydrogen-bond donors (Lipinski definition) is 1. The van der Waals surface area contributed by atoms with Crippen LogP contribution in [0, 0.1) is 5.82 Å². The fourth-order valence-electron chi connectivity index (χ4n) is 3.50. The van der Waals surface area contributed by atoms with Crippen molar-refractivity contribution in [2.45, 2.75) is 56.7 Å². The van der Waals surface area contributed by atoms with Crippen LogP contribution < -0.4 is 5.32 Å². The maximum Gasteiger partial charge on any atom is 0.127 e. The van der Waals surface area contributed by atoms with Gasteiger partial charge in [0, 0.05) is 29.2 Å². The lowest BCUT2D eigenvalue weighted by molar-refractivity contribution is -0.0838. The van der Waals surface area contributed by atoms with Crippen molar-refractivity contribution in [3.63, 3.8) is 0 Å². The van der Waals surface area contributed by atoms with Crippen molar-refractivity contribution in [2.75, 3.05) is 6.61 Å². The Labute approximate surface area is 128 Å². The van der Waals surface area contributed by atoms with Crippen molar-refractivity contribution < 1.29 is 9.13 Å². The number of ether oxygens (including phenoxy) is 1. The van der Waals surface area contributed by atoms with Crippen molar-refractivity contribution in [3.8, 4) is 0 Å². The Bertz CT molecular complexity index is 474. The minimum atomic E-state index is -0.136. The normalized spacial score (nSPS) is 25.2. The van der Waals surface area contributed by atoms with Crippen LogP contribution in [0.5, 0.6) is 0 Å². The lowest BCUT2D eigenvalue weighted by Crippen LogP contribution is -2.45. The van der Waals surface area contributed by atoms with Gasteiger partial charge in [0.05, 0.1) is 5.60 Å². The number of hydrogen-bond acceptors (Lipinski definition) is 2. The molecule has 4 heteroatoms. The first kappa shape index (κ1) is 14.5. The molecule has 1 spiro atoms. The highest BCUT2D eigenvalue weighted by molar-refractivity contribution is 9.10. The van der Waals surface area contributed by atoms with E-state index in [-0.39, 0.29) is 11.4 Å². The number of rotatable bonds is 3. The minimum Gasteiger partial charge on any atom is -0.375 e. The van der Waals surface area contributed by atoms with Crippen LogP contribution in [0.15, 0.2) is 22.7 Å². The molecule has 1 saturated heterocycles. The zero-order valence-electron chi connectivity index (χ0n) is 11.6. The van der Waals surface area contributed by atoms with Gasteiger partial charge in [-0.1, -0.05) is 28.8 Å². The standard InChI is InChI=1S/C16H21BrFNO/c17-13-3-4-15(18)12(9-13)11-19-14-5-8-20-16(10-14)6-1-2-7-16/h3-4,9,14,19H,1-2,5-8,10-11H2. The van der Waals surface area contributed by atoms with E-state index >= 15 is 0 Å². The Morgan fingerprint density at radius 2 is 2.15 bits per heavy atom. The van der Waals surface area contributed by atoms with Gasteiger partial charge in [-0.05, 0) is 43.9 Å². The molecule has 1 atom stereocenters. The van der Waals surface area contributed by atoms with E-state index in [1.165, 1.54) is 31.7 Å². The van der Waals surface area contributed by atoms with Crippen LogP contribution >= 0.6 is 15.9 Å². The number of benzene rings is 1. The smallest absolute Gasteiger partial charge is 0.127 e. The van der Waals surface area contributed by atoms with Crippen molar-refractivity contribution >= 4 is 15.9 Å². The van der Waals surface area contributed by atoms with Crippen molar-refractivity contribution in [3.05, 3.63) is 34.1 Å². The Morgan fingerprint density at radius 1 is 1.35 bits per heavy atom. The molecule has 1 aromatic carbocycles. The molecule has 20 heavy (non-hydrogen) atoms. The summed E-state index contributed by atoms with van der Waals surface area (Å²) in [5.74, 6) is -0.136. The van der Waals surface area contributed by atoms with Gasteiger partial charge in [-0.2, -0.15) is 0 Å². The summed E-state index contributed by atoms with van der Waals surface area (Å²) in [6, 6.07) is 5.55. The van der Waals surface area contributed by atoms with Crippen molar-refractivity contribution in [1.82, 2.24) is 5.32 Å². The average Bonchev–Trinajstić information content (AvgIpc) is 2.88. The van der Waals surface area contributed by atoms with Gasteiger partial charge in [-0.15, -0.1) is 0 Å². The lowest BCUT2D eigenvalue weighted by Gasteiger charge is -2.38. The zero-order chi connectivity index (χ0) is 14.0. The average molecular weight is 342 g/mol. The Balaban J connectivity index is 1.59. The highest BCUT2D eigenvalue weighted by Gasteiger charge is 2.39. The van der Waals surface area contributed by atoms with E-state index in [0.717, 1.165) is 29.5 Å². The SMILES string of the molecule is Fc1ccc(Br)cc1CNC1CCOC2(CCCC2)C1. The van der Waals surface area contributed by atoms with Crippen LogP contribution in [0.3, 0.4) is 0 Å². The van der Waals surface area contributed by atoms with Gasteiger partial charge in [0.15, 0.2) is 0 Å². The largest absolute Gasteiger partial charge is 0.375 e. The molecular weight excluding hydrogens is 321 g/mol. The van der Waals surface area contributed by atoms with Gasteiger partial charge in [0.25, 0.3) is 0 Å². The van der Waals surface area contributed by atoms with Crippen LogP contribution in [-0.4, -0.2) is 18.2 Å². The van der Waals surface area contributed by atoms with Gasteiger partial charge in [-0.25, -0.2) is 4.39 Å². The topological polar surface area (TPSA) is 21.3 Å². The summed E-state index contributed by atoms with van der Waals surface area (Å²) >= 11 is 3.40. The fourth-order valence-corrected chi connectivity index (χ4v) is 3.91. The lowest BCUT2D eigenvalue weighted by atomic mass is 9.89. The second kappa shape index (κ2) is 6.12. The summed E-state index contributed by atoms with van der Waals surface area (Å²) in [6.07, 6.45) is 7.05. The summed E-state index contributed by atoms with van der Waals surface area (Å²) in [6.45, 7) is 1.42. The molecule has 3 rings (SSSR count). The zero-order valence-corrected chi connectivity index (χ0v) is 13.2. The van der Waals surface area contributed by atoms with Gasteiger partial charge in [0.2, 0.25) is 0 Å². The third-order valence-corrected chi connectivity index (χ3v) is 5.09. The molecule has 110 valence electrons. The van der Waals surface area contributed by atoms with E-state index in [1.54, 1.807) is 6.07 Å². The van der Waals surface area contributed by atoms with Crippen LogP contribution in [0.4, 0.5) is 4.39 Å². The second-order valence-corrected chi connectivity index (χ2v) is 6.96. The highest BCUT2D eigenvalue weighted by Crippen LogP contribution is 2.40. The van der Waals surface area contributed by atoms with E-state index in [2.05, 4.69) is 21.2 Å². The van der Waals surface area contributed by atoms with Crippen LogP contribution in [0.25, 0.3) is 0 Å². The number of nitrogens with one attached hydrogen (secondary N) is 1. The van der Waals surface area contributed by atoms with E-state index < -0.39 is 0 Å². The molecule has 0 aromatic heterocycles. The molecule has 1 unspecified atom stereocenters. The minimum absolute atomic E-state index is 0.117. The Hall–Kier alpha value is -0.450. The molecule has 0 amide bonds. The third-order valence-electron chi connectivity index (χ3n) is 4.60. The summed E-state index contributed by atoms with van der Waals surface area (Å²) in [4.78, 5) is 0. The Morgan fingerprint density at radius 3 is 2.95 bits per heavy atom.